The van der Waals surface area contributed by atoms with Crippen LogP contribution in [0.1, 0.15) is 36.8 Å². The number of hydrogen-bond donors (Lipinski definition) is 2. The van der Waals surface area contributed by atoms with E-state index >= 15 is 0 Å². The Kier molecular flexibility index (Phi) is 5.62. The van der Waals surface area contributed by atoms with Crippen molar-refractivity contribution in [3.05, 3.63) is 29.3 Å². The van der Waals surface area contributed by atoms with E-state index in [1.54, 1.807) is 0 Å². The molecule has 1 aliphatic rings. The molecule has 1 saturated carbocycles. The molecule has 21 heavy (non-hydrogen) atoms. The summed E-state index contributed by atoms with van der Waals surface area (Å²) in [5, 5.41) is 12.6. The first-order valence-corrected chi connectivity index (χ1v) is 7.70. The Labute approximate surface area is 126 Å². The summed E-state index contributed by atoms with van der Waals surface area (Å²) in [7, 11) is 0. The molecule has 2 unspecified atom stereocenters. The van der Waals surface area contributed by atoms with E-state index in [1.165, 1.54) is 0 Å². The Hall–Kier alpha value is -1.55. The Balaban J connectivity index is 1.67. The van der Waals surface area contributed by atoms with Gasteiger partial charge in [0.25, 0.3) is 0 Å². The maximum atomic E-state index is 11.8. The van der Waals surface area contributed by atoms with Crippen molar-refractivity contribution >= 4 is 5.91 Å². The lowest BCUT2D eigenvalue weighted by molar-refractivity contribution is -0.121. The lowest BCUT2D eigenvalue weighted by Crippen LogP contribution is -2.33. The monoisotopic (exact) mass is 291 g/mol. The third kappa shape index (κ3) is 5.05. The van der Waals surface area contributed by atoms with E-state index in [0.717, 1.165) is 36.1 Å². The summed E-state index contributed by atoms with van der Waals surface area (Å²) in [4.78, 5) is 11.8. The highest BCUT2D eigenvalue weighted by Gasteiger charge is 2.25. The molecule has 2 N–H and O–H groups in total. The van der Waals surface area contributed by atoms with E-state index in [4.69, 9.17) is 4.74 Å². The fraction of sp³-hybridized carbons (Fsp3) is 0.588. The fourth-order valence-corrected chi connectivity index (χ4v) is 2.87. The van der Waals surface area contributed by atoms with Crippen molar-refractivity contribution in [2.45, 2.75) is 45.6 Å². The topological polar surface area (TPSA) is 58.6 Å². The minimum absolute atomic E-state index is 0.0153. The van der Waals surface area contributed by atoms with E-state index < -0.39 is 0 Å². The molecular weight excluding hydrogens is 266 g/mol. The second kappa shape index (κ2) is 7.46. The molecule has 0 bridgehead atoms. The molecule has 116 valence electrons. The number of amides is 1. The van der Waals surface area contributed by atoms with Crippen LogP contribution in [-0.2, 0) is 4.79 Å². The minimum atomic E-state index is -0.253. The second-order valence-electron chi connectivity index (χ2n) is 5.98. The standard InChI is InChI=1S/C17H25NO3/c1-12-8-13(2)10-15(9-12)21-7-6-17(20)18-11-14-4-3-5-16(14)19/h8-10,14,16,19H,3-7,11H2,1-2H3,(H,18,20). The molecule has 1 aromatic carbocycles. The first-order chi connectivity index (χ1) is 10.0. The van der Waals surface area contributed by atoms with Crippen LogP contribution in [0, 0.1) is 19.8 Å². The average molecular weight is 291 g/mol. The van der Waals surface area contributed by atoms with Crippen LogP contribution < -0.4 is 10.1 Å². The highest BCUT2D eigenvalue weighted by atomic mass is 16.5. The molecule has 2 atom stereocenters. The number of ether oxygens (including phenoxy) is 1. The smallest absolute Gasteiger partial charge is 0.223 e. The average Bonchev–Trinajstić information content (AvgIpc) is 2.81. The van der Waals surface area contributed by atoms with E-state index in [1.807, 2.05) is 26.0 Å². The van der Waals surface area contributed by atoms with Gasteiger partial charge in [-0.25, -0.2) is 0 Å². The van der Waals surface area contributed by atoms with Crippen molar-refractivity contribution < 1.29 is 14.6 Å². The predicted molar refractivity (Wildman–Crippen MR) is 82.4 cm³/mol. The molecule has 1 aliphatic carbocycles. The van der Waals surface area contributed by atoms with Gasteiger partial charge >= 0.3 is 0 Å². The molecule has 0 radical (unpaired) electrons. The van der Waals surface area contributed by atoms with E-state index in [0.29, 0.717) is 19.6 Å². The summed E-state index contributed by atoms with van der Waals surface area (Å²) in [5.74, 6) is 1.01. The third-order valence-electron chi connectivity index (χ3n) is 3.97. The van der Waals surface area contributed by atoms with Crippen molar-refractivity contribution in [1.82, 2.24) is 5.32 Å². The molecule has 2 rings (SSSR count). The second-order valence-corrected chi connectivity index (χ2v) is 5.98. The summed E-state index contributed by atoms with van der Waals surface area (Å²) in [5.41, 5.74) is 2.31. The zero-order chi connectivity index (χ0) is 15.2. The van der Waals surface area contributed by atoms with Gasteiger partial charge in [-0.05, 0) is 49.9 Å². The van der Waals surface area contributed by atoms with E-state index in [2.05, 4.69) is 11.4 Å². The molecular formula is C17H25NO3. The molecule has 0 heterocycles. The van der Waals surface area contributed by atoms with Gasteiger partial charge in [0, 0.05) is 12.5 Å². The van der Waals surface area contributed by atoms with E-state index in [9.17, 15) is 9.90 Å². The van der Waals surface area contributed by atoms with Gasteiger partial charge in [0.1, 0.15) is 5.75 Å². The summed E-state index contributed by atoms with van der Waals surface area (Å²) >= 11 is 0. The van der Waals surface area contributed by atoms with Crippen LogP contribution in [0.5, 0.6) is 5.75 Å². The van der Waals surface area contributed by atoms with Crippen molar-refractivity contribution in [3.8, 4) is 5.75 Å². The lowest BCUT2D eigenvalue weighted by Gasteiger charge is -2.15. The molecule has 1 amide bonds. The molecule has 0 aromatic heterocycles. The van der Waals surface area contributed by atoms with Gasteiger partial charge in [-0.2, -0.15) is 0 Å². The van der Waals surface area contributed by atoms with Gasteiger partial charge < -0.3 is 15.2 Å². The van der Waals surface area contributed by atoms with E-state index in [-0.39, 0.29) is 17.9 Å². The molecule has 1 fully saturated rings. The highest BCUT2D eigenvalue weighted by Crippen LogP contribution is 2.24. The molecule has 0 aliphatic heterocycles. The van der Waals surface area contributed by atoms with Crippen LogP contribution >= 0.6 is 0 Å². The van der Waals surface area contributed by atoms with Crippen LogP contribution in [0.2, 0.25) is 0 Å². The van der Waals surface area contributed by atoms with Crippen LogP contribution in [0.4, 0.5) is 0 Å². The van der Waals surface area contributed by atoms with Gasteiger partial charge in [-0.1, -0.05) is 12.5 Å². The van der Waals surface area contributed by atoms with Crippen LogP contribution in [0.3, 0.4) is 0 Å². The number of aliphatic hydroxyl groups excluding tert-OH is 1. The summed E-state index contributed by atoms with van der Waals surface area (Å²) < 4.78 is 5.62. The highest BCUT2D eigenvalue weighted by molar-refractivity contribution is 5.76. The molecule has 1 aromatic rings. The first-order valence-electron chi connectivity index (χ1n) is 7.70. The number of hydrogen-bond acceptors (Lipinski definition) is 3. The van der Waals surface area contributed by atoms with Gasteiger partial charge in [0.15, 0.2) is 0 Å². The summed E-state index contributed by atoms with van der Waals surface area (Å²) in [6.07, 6.45) is 3.00. The molecule has 4 nitrogen and oxygen atoms in total. The Morgan fingerprint density at radius 1 is 1.29 bits per heavy atom. The Morgan fingerprint density at radius 3 is 2.62 bits per heavy atom. The zero-order valence-corrected chi connectivity index (χ0v) is 12.9. The van der Waals surface area contributed by atoms with Crippen LogP contribution in [-0.4, -0.2) is 30.3 Å². The quantitative estimate of drug-likeness (QED) is 0.846. The SMILES string of the molecule is Cc1cc(C)cc(OCCC(=O)NCC2CCCC2O)c1. The van der Waals surface area contributed by atoms with Crippen molar-refractivity contribution in [1.29, 1.82) is 0 Å². The Bertz CT molecular complexity index is 467. The largest absolute Gasteiger partial charge is 0.493 e. The number of rotatable bonds is 6. The van der Waals surface area contributed by atoms with Crippen molar-refractivity contribution in [2.24, 2.45) is 5.92 Å². The van der Waals surface area contributed by atoms with Gasteiger partial charge in [-0.15, -0.1) is 0 Å². The normalized spacial score (nSPS) is 21.3. The fourth-order valence-electron chi connectivity index (χ4n) is 2.87. The number of benzene rings is 1. The number of aryl methyl sites for hydroxylation is 2. The van der Waals surface area contributed by atoms with Crippen LogP contribution in [0.15, 0.2) is 18.2 Å². The van der Waals surface area contributed by atoms with Crippen molar-refractivity contribution in [2.75, 3.05) is 13.2 Å². The van der Waals surface area contributed by atoms with Gasteiger partial charge in [0.05, 0.1) is 19.1 Å². The van der Waals surface area contributed by atoms with Gasteiger partial charge in [-0.3, -0.25) is 4.79 Å². The molecule has 0 saturated heterocycles. The first kappa shape index (κ1) is 15.8. The number of carbonyl (C=O) groups is 1. The maximum absolute atomic E-state index is 11.8. The van der Waals surface area contributed by atoms with Gasteiger partial charge in [0.2, 0.25) is 5.91 Å². The predicted octanol–water partition coefficient (Wildman–Crippen LogP) is 2.35. The lowest BCUT2D eigenvalue weighted by atomic mass is 10.1. The maximum Gasteiger partial charge on any atom is 0.223 e. The Morgan fingerprint density at radius 2 is 2.00 bits per heavy atom. The number of aliphatic hydroxyl groups is 1. The third-order valence-corrected chi connectivity index (χ3v) is 3.97. The summed E-state index contributed by atoms with van der Waals surface area (Å²) in [6, 6.07) is 6.03. The summed E-state index contributed by atoms with van der Waals surface area (Å²) in [6.45, 7) is 5.00. The molecule has 4 heteroatoms. The van der Waals surface area contributed by atoms with Crippen molar-refractivity contribution in [3.63, 3.8) is 0 Å². The number of nitrogens with one attached hydrogen (secondary N) is 1. The van der Waals surface area contributed by atoms with Crippen LogP contribution in [0.25, 0.3) is 0 Å². The minimum Gasteiger partial charge on any atom is -0.493 e. The zero-order valence-electron chi connectivity index (χ0n) is 12.9. The number of carbonyl (C=O) groups excluding carboxylic acids is 1. The molecule has 0 spiro atoms.